The Morgan fingerprint density at radius 3 is 2.42 bits per heavy atom. The molecule has 2 N–H and O–H groups in total. The van der Waals surface area contributed by atoms with Gasteiger partial charge >= 0.3 is 5.97 Å². The number of nitrogens with one attached hydrogen (secondary N) is 1. The van der Waals surface area contributed by atoms with Crippen LogP contribution in [-0.2, 0) is 16.4 Å². The lowest BCUT2D eigenvalue weighted by Crippen LogP contribution is -2.47. The number of carboxylic acids is 1. The summed E-state index contributed by atoms with van der Waals surface area (Å²) in [5.41, 5.74) is -0.00718. The zero-order valence-electron chi connectivity index (χ0n) is 15.3. The molecule has 1 aromatic heterocycles. The van der Waals surface area contributed by atoms with Crippen molar-refractivity contribution in [3.05, 3.63) is 23.2 Å². The Labute approximate surface area is 153 Å². The van der Waals surface area contributed by atoms with Crippen molar-refractivity contribution in [2.45, 2.75) is 46.1 Å². The zero-order valence-corrected chi connectivity index (χ0v) is 16.1. The van der Waals surface area contributed by atoms with Gasteiger partial charge in [-0.05, 0) is 18.8 Å². The van der Waals surface area contributed by atoms with Crippen molar-refractivity contribution in [1.82, 2.24) is 9.62 Å². The molecule has 9 heteroatoms. The largest absolute Gasteiger partial charge is 0.478 e. The van der Waals surface area contributed by atoms with Crippen molar-refractivity contribution in [3.63, 3.8) is 0 Å². The van der Waals surface area contributed by atoms with Gasteiger partial charge in [-0.1, -0.05) is 20.8 Å². The van der Waals surface area contributed by atoms with Crippen LogP contribution in [0.3, 0.4) is 0 Å². The summed E-state index contributed by atoms with van der Waals surface area (Å²) in [5, 5.41) is 11.9. The molecule has 0 aliphatic carbocycles. The van der Waals surface area contributed by atoms with Gasteiger partial charge in [-0.3, -0.25) is 4.79 Å². The van der Waals surface area contributed by atoms with Crippen LogP contribution in [0.25, 0.3) is 0 Å². The minimum atomic E-state index is -3.27. The van der Waals surface area contributed by atoms with Crippen LogP contribution in [-0.4, -0.2) is 54.6 Å². The molecular formula is C17H26N2O6S. The van der Waals surface area contributed by atoms with Gasteiger partial charge in [0.2, 0.25) is 10.0 Å². The van der Waals surface area contributed by atoms with Crippen molar-refractivity contribution in [1.29, 1.82) is 0 Å². The van der Waals surface area contributed by atoms with Crippen molar-refractivity contribution in [3.8, 4) is 0 Å². The molecule has 1 amide bonds. The SMILES string of the molecule is CCc1oc(C(=O)NC2CCN(S(=O)(=O)CC(C)C)CC2)cc1C(=O)O. The number of carboxylic acid groups (broad SMARTS) is 1. The van der Waals surface area contributed by atoms with E-state index in [0.29, 0.717) is 32.4 Å². The summed E-state index contributed by atoms with van der Waals surface area (Å²) < 4.78 is 31.3. The van der Waals surface area contributed by atoms with Crippen molar-refractivity contribution < 1.29 is 27.5 Å². The van der Waals surface area contributed by atoms with Gasteiger partial charge in [-0.25, -0.2) is 17.5 Å². The smallest absolute Gasteiger partial charge is 0.339 e. The second-order valence-electron chi connectivity index (χ2n) is 6.93. The highest BCUT2D eigenvalue weighted by Crippen LogP contribution is 2.19. The van der Waals surface area contributed by atoms with Crippen LogP contribution in [0.1, 0.15) is 60.3 Å². The van der Waals surface area contributed by atoms with Gasteiger partial charge in [0.1, 0.15) is 11.3 Å². The lowest BCUT2D eigenvalue weighted by molar-refractivity contribution is 0.0694. The van der Waals surface area contributed by atoms with E-state index in [4.69, 9.17) is 9.52 Å². The molecule has 0 bridgehead atoms. The Morgan fingerprint density at radius 1 is 1.35 bits per heavy atom. The minimum absolute atomic E-state index is 0.00718. The number of hydrogen-bond acceptors (Lipinski definition) is 5. The van der Waals surface area contributed by atoms with Crippen LogP contribution in [0.15, 0.2) is 10.5 Å². The van der Waals surface area contributed by atoms with Gasteiger partial charge < -0.3 is 14.8 Å². The Balaban J connectivity index is 1.95. The molecule has 8 nitrogen and oxygen atoms in total. The average Bonchev–Trinajstić information content (AvgIpc) is 2.99. The number of aromatic carboxylic acids is 1. The van der Waals surface area contributed by atoms with E-state index >= 15 is 0 Å². The van der Waals surface area contributed by atoms with Gasteiger partial charge in [0.25, 0.3) is 5.91 Å². The highest BCUT2D eigenvalue weighted by Gasteiger charge is 2.30. The highest BCUT2D eigenvalue weighted by molar-refractivity contribution is 7.89. The molecule has 1 saturated heterocycles. The summed E-state index contributed by atoms with van der Waals surface area (Å²) in [7, 11) is -3.27. The van der Waals surface area contributed by atoms with E-state index in [2.05, 4.69) is 5.32 Å². The Hall–Kier alpha value is -1.87. The first kappa shape index (κ1) is 20.4. The molecular weight excluding hydrogens is 360 g/mol. The fourth-order valence-electron chi connectivity index (χ4n) is 3.05. The first-order chi connectivity index (χ1) is 12.1. The van der Waals surface area contributed by atoms with Gasteiger partial charge in [0.15, 0.2) is 5.76 Å². The highest BCUT2D eigenvalue weighted by atomic mass is 32.2. The van der Waals surface area contributed by atoms with Crippen LogP contribution in [0.5, 0.6) is 0 Å². The number of rotatable bonds is 7. The van der Waals surface area contributed by atoms with E-state index in [0.717, 1.165) is 0 Å². The maximum Gasteiger partial charge on any atom is 0.339 e. The quantitative estimate of drug-likeness (QED) is 0.737. The Morgan fingerprint density at radius 2 is 1.96 bits per heavy atom. The van der Waals surface area contributed by atoms with E-state index in [1.165, 1.54) is 10.4 Å². The predicted molar refractivity (Wildman–Crippen MR) is 95.7 cm³/mol. The molecule has 0 aromatic carbocycles. The first-order valence-corrected chi connectivity index (χ1v) is 10.4. The van der Waals surface area contributed by atoms with E-state index in [9.17, 15) is 18.0 Å². The van der Waals surface area contributed by atoms with Crippen molar-refractivity contribution in [2.24, 2.45) is 5.92 Å². The third-order valence-corrected chi connectivity index (χ3v) is 6.55. The number of piperidine rings is 1. The van der Waals surface area contributed by atoms with Gasteiger partial charge in [-0.2, -0.15) is 0 Å². The van der Waals surface area contributed by atoms with Crippen molar-refractivity contribution in [2.75, 3.05) is 18.8 Å². The molecule has 0 unspecified atom stereocenters. The summed E-state index contributed by atoms with van der Waals surface area (Å²) in [4.78, 5) is 23.5. The van der Waals surface area contributed by atoms with Crippen LogP contribution < -0.4 is 5.32 Å². The topological polar surface area (TPSA) is 117 Å². The number of furan rings is 1. The number of carbonyl (C=O) groups is 2. The zero-order chi connectivity index (χ0) is 19.5. The molecule has 26 heavy (non-hydrogen) atoms. The summed E-state index contributed by atoms with van der Waals surface area (Å²) in [5.74, 6) is -1.20. The third kappa shape index (κ3) is 4.85. The number of nitrogens with zero attached hydrogens (tertiary/aromatic N) is 1. The number of amides is 1. The molecule has 2 rings (SSSR count). The predicted octanol–water partition coefficient (Wildman–Crippen LogP) is 1.72. The third-order valence-electron chi connectivity index (χ3n) is 4.31. The summed E-state index contributed by atoms with van der Waals surface area (Å²) in [6.45, 7) is 6.20. The monoisotopic (exact) mass is 386 g/mol. The number of carbonyl (C=O) groups excluding carboxylic acids is 1. The standard InChI is InChI=1S/C17H26N2O6S/c1-4-14-13(17(21)22)9-15(25-14)16(20)18-12-5-7-19(8-6-12)26(23,24)10-11(2)3/h9,11-12H,4-8,10H2,1-3H3,(H,18,20)(H,21,22). The fraction of sp³-hybridized carbons (Fsp3) is 0.647. The van der Waals surface area contributed by atoms with E-state index in [-0.39, 0.29) is 34.8 Å². The summed E-state index contributed by atoms with van der Waals surface area (Å²) in [6, 6.07) is 1.06. The van der Waals surface area contributed by atoms with E-state index in [1.807, 2.05) is 13.8 Å². The van der Waals surface area contributed by atoms with Gasteiger partial charge in [0.05, 0.1) is 5.75 Å². The van der Waals surface area contributed by atoms with E-state index in [1.54, 1.807) is 6.92 Å². The van der Waals surface area contributed by atoms with Gasteiger partial charge in [0, 0.05) is 31.6 Å². The van der Waals surface area contributed by atoms with Crippen LogP contribution in [0.2, 0.25) is 0 Å². The number of hydrogen-bond donors (Lipinski definition) is 2. The maximum absolute atomic E-state index is 12.3. The number of sulfonamides is 1. The second-order valence-corrected chi connectivity index (χ2v) is 8.94. The molecule has 1 aromatic rings. The summed E-state index contributed by atoms with van der Waals surface area (Å²) >= 11 is 0. The normalized spacial score (nSPS) is 16.8. The molecule has 0 saturated carbocycles. The minimum Gasteiger partial charge on any atom is -0.478 e. The Kier molecular flexibility index (Phi) is 6.46. The molecule has 2 heterocycles. The van der Waals surface area contributed by atoms with Crippen LogP contribution >= 0.6 is 0 Å². The van der Waals surface area contributed by atoms with Gasteiger partial charge in [-0.15, -0.1) is 0 Å². The Bertz CT molecular complexity index is 760. The van der Waals surface area contributed by atoms with Crippen molar-refractivity contribution >= 4 is 21.9 Å². The maximum atomic E-state index is 12.3. The molecule has 0 radical (unpaired) electrons. The van der Waals surface area contributed by atoms with Crippen LogP contribution in [0.4, 0.5) is 0 Å². The molecule has 146 valence electrons. The lowest BCUT2D eigenvalue weighted by Gasteiger charge is -2.31. The summed E-state index contributed by atoms with van der Waals surface area (Å²) in [6.07, 6.45) is 1.40. The molecule has 0 atom stereocenters. The second kappa shape index (κ2) is 8.22. The molecule has 0 spiro atoms. The molecule has 1 aliphatic heterocycles. The lowest BCUT2D eigenvalue weighted by atomic mass is 10.1. The van der Waals surface area contributed by atoms with Crippen LogP contribution in [0, 0.1) is 5.92 Å². The average molecular weight is 386 g/mol. The number of aryl methyl sites for hydroxylation is 1. The fourth-order valence-corrected chi connectivity index (χ4v) is 4.87. The molecule has 1 fully saturated rings. The van der Waals surface area contributed by atoms with E-state index < -0.39 is 21.9 Å². The molecule has 1 aliphatic rings. The first-order valence-electron chi connectivity index (χ1n) is 8.78.